The molecule has 2 aromatic carbocycles. The molecule has 2 aromatic heterocycles. The monoisotopic (exact) mass is 659 g/mol. The molecule has 252 valence electrons. The molecule has 1 amide bonds. The fraction of sp³-hybridized carbons (Fsp3) is 0.375. The Morgan fingerprint density at radius 1 is 1.09 bits per heavy atom. The number of H-pyrrole nitrogens is 3. The van der Waals surface area contributed by atoms with Gasteiger partial charge in [0.15, 0.2) is 5.69 Å². The molecule has 0 aliphatic rings. The molecule has 12 nitrogen and oxygen atoms in total. The molecule has 0 fully saturated rings. The van der Waals surface area contributed by atoms with Gasteiger partial charge in [0.1, 0.15) is 35.3 Å². The van der Waals surface area contributed by atoms with Crippen LogP contribution in [0.5, 0.6) is 5.75 Å². The van der Waals surface area contributed by atoms with Crippen molar-refractivity contribution in [2.75, 3.05) is 7.11 Å². The molecule has 4 rings (SSSR count). The number of carboxylic acids is 1. The number of carbonyl (C=O) groups is 3. The number of unbranched alkanes of at least 4 members (excludes halogenated alkanes) is 2. The van der Waals surface area contributed by atoms with E-state index >= 15 is 0 Å². The maximum absolute atomic E-state index is 13.4. The number of carbonyl (C=O) groups excluding carboxylic acids is 3. The molecule has 0 unspecified atom stereocenters. The molecule has 2 heterocycles. The van der Waals surface area contributed by atoms with Crippen molar-refractivity contribution in [3.05, 3.63) is 75.9 Å². The van der Waals surface area contributed by atoms with Gasteiger partial charge in [-0.1, -0.05) is 31.9 Å². The Labute approximate surface area is 267 Å². The summed E-state index contributed by atoms with van der Waals surface area (Å²) in [6, 6.07) is 11.9. The third kappa shape index (κ3) is 10.1. The van der Waals surface area contributed by atoms with Gasteiger partial charge in [-0.05, 0) is 49.6 Å². The molecule has 47 heavy (non-hydrogen) atoms. The van der Waals surface area contributed by atoms with E-state index in [1.54, 1.807) is 31.5 Å². The molecule has 0 bridgehead atoms. The maximum atomic E-state index is 13.4. The van der Waals surface area contributed by atoms with E-state index in [1.807, 2.05) is 32.0 Å². The highest BCUT2D eigenvalue weighted by Crippen LogP contribution is 2.30. The zero-order valence-corrected chi connectivity index (χ0v) is 26.1. The van der Waals surface area contributed by atoms with Crippen LogP contribution in [0.3, 0.4) is 0 Å². The minimum atomic E-state index is -5.19. The van der Waals surface area contributed by atoms with Gasteiger partial charge in [0.05, 0.1) is 18.5 Å². The first-order chi connectivity index (χ1) is 22.2. The lowest BCUT2D eigenvalue weighted by molar-refractivity contribution is -0.392. The van der Waals surface area contributed by atoms with Crippen molar-refractivity contribution >= 4 is 34.3 Å². The fourth-order valence-corrected chi connectivity index (χ4v) is 5.00. The summed E-state index contributed by atoms with van der Waals surface area (Å²) in [5.74, 6) is -1.53. The molecule has 4 N–H and O–H groups in total. The van der Waals surface area contributed by atoms with E-state index in [0.717, 1.165) is 47.2 Å². The number of rotatable bonds is 14. The first-order valence-electron chi connectivity index (χ1n) is 14.8. The molecule has 0 radical (unpaired) electrons. The van der Waals surface area contributed by atoms with Gasteiger partial charge in [-0.3, -0.25) is 19.7 Å². The van der Waals surface area contributed by atoms with Crippen molar-refractivity contribution < 1.29 is 47.3 Å². The van der Waals surface area contributed by atoms with Crippen molar-refractivity contribution in [2.24, 2.45) is 0 Å². The van der Waals surface area contributed by atoms with Gasteiger partial charge < -0.3 is 24.9 Å². The van der Waals surface area contributed by atoms with Crippen molar-refractivity contribution in [1.82, 2.24) is 15.3 Å². The number of imidazole rings is 1. The van der Waals surface area contributed by atoms with Gasteiger partial charge >= 0.3 is 6.18 Å². The van der Waals surface area contributed by atoms with Crippen molar-refractivity contribution in [2.45, 2.75) is 71.0 Å². The molecule has 0 saturated heterocycles. The molecule has 1 atom stereocenters. The Bertz CT molecular complexity index is 1710. The molecular formula is C32H36F3N5O7. The topological polar surface area (TPSA) is 184 Å². The summed E-state index contributed by atoms with van der Waals surface area (Å²) in [4.78, 5) is 54.8. The van der Waals surface area contributed by atoms with Crippen LogP contribution in [-0.2, 0) is 20.8 Å². The number of hydrogen-bond donors (Lipinski definition) is 3. The molecule has 0 spiro atoms. The lowest BCUT2D eigenvalue weighted by Gasteiger charge is -2.14. The molecule has 0 aliphatic carbocycles. The number of nitrogens with zero attached hydrogens (tertiary/aromatic N) is 1. The highest BCUT2D eigenvalue weighted by Gasteiger charge is 2.29. The number of ether oxygens (including phenoxy) is 1. The quantitative estimate of drug-likeness (QED) is 0.0983. The SMILES string of the molecule is CCC(=O)CCCCC[C@H](NC(=O)Cc1c(C)[nH]c2ccc(OC)cc12)c1[nH]c(-c2ccccc2[N+](=O)[O-])c[nH+]1.O=C([O-])C(F)(F)F. The summed E-state index contributed by atoms with van der Waals surface area (Å²) < 4.78 is 36.9. The van der Waals surface area contributed by atoms with Gasteiger partial charge in [-0.25, -0.2) is 9.97 Å². The third-order valence-electron chi connectivity index (χ3n) is 7.45. The van der Waals surface area contributed by atoms with Crippen LogP contribution in [0.2, 0.25) is 0 Å². The number of nitro groups is 1. The second-order valence-electron chi connectivity index (χ2n) is 10.7. The number of benzene rings is 2. The van der Waals surface area contributed by atoms with Crippen LogP contribution < -0.4 is 20.1 Å². The number of methoxy groups -OCH3 is 1. The van der Waals surface area contributed by atoms with Gasteiger partial charge in [0, 0.05) is 35.5 Å². The highest BCUT2D eigenvalue weighted by molar-refractivity contribution is 5.91. The second-order valence-corrected chi connectivity index (χ2v) is 10.7. The Morgan fingerprint density at radius 3 is 2.43 bits per heavy atom. The number of nitrogens with one attached hydrogen (secondary N) is 4. The predicted octanol–water partition coefficient (Wildman–Crippen LogP) is 4.83. The number of fused-ring (bicyclic) bond motifs is 1. The number of halogens is 3. The number of aliphatic carboxylic acids is 1. The Hall–Kier alpha value is -5.21. The van der Waals surface area contributed by atoms with E-state index in [0.29, 0.717) is 36.3 Å². The minimum absolute atomic E-state index is 0.00397. The van der Waals surface area contributed by atoms with Crippen LogP contribution >= 0.6 is 0 Å². The van der Waals surface area contributed by atoms with Gasteiger partial charge in [0.2, 0.25) is 5.91 Å². The predicted molar refractivity (Wildman–Crippen MR) is 163 cm³/mol. The van der Waals surface area contributed by atoms with Crippen LogP contribution in [0.25, 0.3) is 22.2 Å². The van der Waals surface area contributed by atoms with Crippen LogP contribution in [0.1, 0.15) is 68.6 Å². The average molecular weight is 660 g/mol. The maximum Gasteiger partial charge on any atom is 0.430 e. The highest BCUT2D eigenvalue weighted by atomic mass is 19.4. The zero-order chi connectivity index (χ0) is 34.7. The van der Waals surface area contributed by atoms with Crippen LogP contribution in [0, 0.1) is 17.0 Å². The minimum Gasteiger partial charge on any atom is -0.542 e. The third-order valence-corrected chi connectivity index (χ3v) is 7.45. The number of amides is 1. The summed E-state index contributed by atoms with van der Waals surface area (Å²) in [7, 11) is 1.61. The number of aromatic nitrogens is 3. The Morgan fingerprint density at radius 2 is 1.79 bits per heavy atom. The van der Waals surface area contributed by atoms with Gasteiger partial charge in [-0.15, -0.1) is 0 Å². The normalized spacial score (nSPS) is 11.8. The number of nitro benzene ring substituents is 1. The molecule has 4 aromatic rings. The first kappa shape index (κ1) is 36.3. The van der Waals surface area contributed by atoms with Gasteiger partial charge in [-0.2, -0.15) is 13.2 Å². The number of alkyl halides is 3. The lowest BCUT2D eigenvalue weighted by Crippen LogP contribution is -2.37. The van der Waals surface area contributed by atoms with E-state index in [-0.39, 0.29) is 29.8 Å². The molecule has 0 saturated carbocycles. The number of aromatic amines is 3. The number of aryl methyl sites for hydroxylation is 1. The number of carboxylic acid groups (broad SMARTS) is 1. The van der Waals surface area contributed by atoms with Crippen molar-refractivity contribution in [3.63, 3.8) is 0 Å². The number of Topliss-reactive ketones (excluding diaryl/α,β-unsaturated/α-hetero) is 1. The average Bonchev–Trinajstić information content (AvgIpc) is 3.64. The molecule has 15 heteroatoms. The van der Waals surface area contributed by atoms with E-state index in [4.69, 9.17) is 14.6 Å². The van der Waals surface area contributed by atoms with Crippen molar-refractivity contribution in [1.29, 1.82) is 0 Å². The lowest BCUT2D eigenvalue weighted by atomic mass is 10.0. The number of para-hydroxylation sites is 1. The van der Waals surface area contributed by atoms with Crippen LogP contribution in [0.4, 0.5) is 18.9 Å². The first-order valence-corrected chi connectivity index (χ1v) is 14.8. The van der Waals surface area contributed by atoms with Crippen LogP contribution in [-0.4, -0.2) is 45.8 Å². The van der Waals surface area contributed by atoms with Gasteiger partial charge in [0.25, 0.3) is 11.5 Å². The standard InChI is InChI=1S/C30H35N5O5.C2HF3O2/c1-4-20(36)10-6-5-7-12-26(30-31-18-27(34-30)22-11-8-9-13-28(22)35(38)39)33-29(37)17-23-19(2)32-25-15-14-21(40-3)16-24(23)25;3-2(4,5)1(6)7/h8-9,11,13-16,18,26,32H,4-7,10,12,17H2,1-3H3,(H,31,34)(H,33,37);(H,6,7)/t26-;/m0./s1. The summed E-state index contributed by atoms with van der Waals surface area (Å²) in [5.41, 5.74) is 3.78. The van der Waals surface area contributed by atoms with Crippen LogP contribution in [0.15, 0.2) is 48.7 Å². The fourth-order valence-electron chi connectivity index (χ4n) is 5.00. The summed E-state index contributed by atoms with van der Waals surface area (Å²) in [6.45, 7) is 3.82. The van der Waals surface area contributed by atoms with E-state index < -0.39 is 17.1 Å². The second kappa shape index (κ2) is 16.4. The summed E-state index contributed by atoms with van der Waals surface area (Å²) >= 11 is 0. The Kier molecular flexibility index (Phi) is 12.6. The summed E-state index contributed by atoms with van der Waals surface area (Å²) in [6.07, 6.45) is 0.887. The largest absolute Gasteiger partial charge is 0.542 e. The zero-order valence-electron chi connectivity index (χ0n) is 26.1. The summed E-state index contributed by atoms with van der Waals surface area (Å²) in [5, 5.41) is 24.4. The Balaban J connectivity index is 0.000000771. The molecular weight excluding hydrogens is 623 g/mol. The molecule has 0 aliphatic heterocycles. The van der Waals surface area contributed by atoms with E-state index in [2.05, 4.69) is 20.3 Å². The van der Waals surface area contributed by atoms with E-state index in [9.17, 15) is 32.9 Å². The smallest absolute Gasteiger partial charge is 0.430 e. The van der Waals surface area contributed by atoms with E-state index in [1.165, 1.54) is 6.07 Å². The number of ketones is 1. The number of hydrogen-bond acceptors (Lipinski definition) is 7. The van der Waals surface area contributed by atoms with Crippen molar-refractivity contribution in [3.8, 4) is 17.0 Å².